The molecular formula is C13H24O3. The zero-order chi connectivity index (χ0) is 12.0. The number of rotatable bonds is 6. The summed E-state index contributed by atoms with van der Waals surface area (Å²) in [6, 6.07) is 0. The molecule has 0 radical (unpaired) electrons. The molecule has 3 nitrogen and oxygen atoms in total. The molecule has 0 aromatic rings. The topological polar surface area (TPSA) is 46.5 Å². The van der Waals surface area contributed by atoms with Gasteiger partial charge in [-0.3, -0.25) is 4.79 Å². The smallest absolute Gasteiger partial charge is 0.309 e. The number of methoxy groups -OCH3 is 1. The van der Waals surface area contributed by atoms with Crippen LogP contribution in [0.1, 0.15) is 51.9 Å². The van der Waals surface area contributed by atoms with Gasteiger partial charge < -0.3 is 9.84 Å². The third kappa shape index (κ3) is 3.48. The number of aliphatic carboxylic acids is 1. The largest absolute Gasteiger partial charge is 0.481 e. The van der Waals surface area contributed by atoms with Crippen molar-refractivity contribution in [2.45, 2.75) is 51.9 Å². The summed E-state index contributed by atoms with van der Waals surface area (Å²) in [6.45, 7) is 2.96. The summed E-state index contributed by atoms with van der Waals surface area (Å²) in [4.78, 5) is 11.4. The van der Waals surface area contributed by atoms with Crippen LogP contribution in [0.2, 0.25) is 0 Å². The van der Waals surface area contributed by atoms with Crippen molar-refractivity contribution < 1.29 is 14.6 Å². The van der Waals surface area contributed by atoms with E-state index in [1.54, 1.807) is 7.11 Å². The molecule has 0 saturated heterocycles. The first-order valence-electron chi connectivity index (χ1n) is 6.33. The summed E-state index contributed by atoms with van der Waals surface area (Å²) in [5.74, 6) is 0.114. The van der Waals surface area contributed by atoms with Crippen LogP contribution in [0.15, 0.2) is 0 Å². The molecule has 1 aliphatic rings. The molecule has 94 valence electrons. The molecule has 0 heterocycles. The monoisotopic (exact) mass is 228 g/mol. The van der Waals surface area contributed by atoms with Crippen molar-refractivity contribution in [1.82, 2.24) is 0 Å². The van der Waals surface area contributed by atoms with Gasteiger partial charge in [0, 0.05) is 13.7 Å². The lowest BCUT2D eigenvalue weighted by Gasteiger charge is -2.35. The average molecular weight is 228 g/mol. The predicted octanol–water partition coefficient (Wildman–Crippen LogP) is 3.08. The molecule has 1 aliphatic carbocycles. The zero-order valence-corrected chi connectivity index (χ0v) is 10.5. The molecule has 0 atom stereocenters. The minimum Gasteiger partial charge on any atom is -0.481 e. The fourth-order valence-electron chi connectivity index (χ4n) is 2.60. The highest BCUT2D eigenvalue weighted by Crippen LogP contribution is 2.42. The van der Waals surface area contributed by atoms with Gasteiger partial charge in [-0.2, -0.15) is 0 Å². The number of ether oxygens (including phenoxy) is 1. The maximum absolute atomic E-state index is 11.4. The summed E-state index contributed by atoms with van der Waals surface area (Å²) in [7, 11) is 1.69. The molecule has 0 amide bonds. The Kier molecular flexibility index (Phi) is 5.26. The summed E-state index contributed by atoms with van der Waals surface area (Å²) >= 11 is 0. The summed E-state index contributed by atoms with van der Waals surface area (Å²) in [5.41, 5.74) is -0.430. The number of hydrogen-bond donors (Lipinski definition) is 1. The van der Waals surface area contributed by atoms with E-state index < -0.39 is 11.4 Å². The van der Waals surface area contributed by atoms with Crippen LogP contribution in [0.3, 0.4) is 0 Å². The molecule has 0 unspecified atom stereocenters. The lowest BCUT2D eigenvalue weighted by atomic mass is 9.68. The van der Waals surface area contributed by atoms with E-state index in [1.165, 1.54) is 0 Å². The maximum atomic E-state index is 11.4. The number of hydrogen-bond acceptors (Lipinski definition) is 2. The van der Waals surface area contributed by atoms with Crippen LogP contribution in [0.4, 0.5) is 0 Å². The first kappa shape index (κ1) is 13.5. The number of unbranched alkanes of at least 4 members (excludes halogenated alkanes) is 1. The molecule has 1 fully saturated rings. The number of carbonyl (C=O) groups is 1. The van der Waals surface area contributed by atoms with E-state index in [0.717, 1.165) is 51.6 Å². The highest BCUT2D eigenvalue weighted by molar-refractivity contribution is 5.74. The quantitative estimate of drug-likeness (QED) is 0.711. The van der Waals surface area contributed by atoms with E-state index in [4.69, 9.17) is 4.74 Å². The molecule has 0 aliphatic heterocycles. The lowest BCUT2D eigenvalue weighted by Crippen LogP contribution is -2.35. The summed E-state index contributed by atoms with van der Waals surface area (Å²) in [6.07, 6.45) is 6.61. The van der Waals surface area contributed by atoms with Gasteiger partial charge in [-0.1, -0.05) is 13.3 Å². The van der Waals surface area contributed by atoms with E-state index in [1.807, 2.05) is 0 Å². The van der Waals surface area contributed by atoms with Gasteiger partial charge in [0.1, 0.15) is 0 Å². The fourth-order valence-corrected chi connectivity index (χ4v) is 2.60. The Labute approximate surface area is 98.2 Å². The SMILES string of the molecule is COCCCCC1(C(=O)O)CCC(C)CC1. The average Bonchev–Trinajstić information content (AvgIpc) is 2.27. The van der Waals surface area contributed by atoms with Crippen molar-refractivity contribution in [3.63, 3.8) is 0 Å². The third-order valence-electron chi connectivity index (χ3n) is 3.94. The predicted molar refractivity (Wildman–Crippen MR) is 63.4 cm³/mol. The maximum Gasteiger partial charge on any atom is 0.309 e. The minimum atomic E-state index is -0.586. The first-order valence-corrected chi connectivity index (χ1v) is 6.33. The lowest BCUT2D eigenvalue weighted by molar-refractivity contribution is -0.152. The van der Waals surface area contributed by atoms with Crippen LogP contribution in [-0.2, 0) is 9.53 Å². The van der Waals surface area contributed by atoms with Crippen molar-refractivity contribution in [1.29, 1.82) is 0 Å². The van der Waals surface area contributed by atoms with E-state index in [9.17, 15) is 9.90 Å². The Balaban J connectivity index is 2.43. The Hall–Kier alpha value is -0.570. The van der Waals surface area contributed by atoms with Crippen molar-refractivity contribution in [3.8, 4) is 0 Å². The van der Waals surface area contributed by atoms with Crippen molar-refractivity contribution in [2.24, 2.45) is 11.3 Å². The summed E-state index contributed by atoms with van der Waals surface area (Å²) in [5, 5.41) is 9.40. The second kappa shape index (κ2) is 6.24. The van der Waals surface area contributed by atoms with Crippen molar-refractivity contribution in [2.75, 3.05) is 13.7 Å². The van der Waals surface area contributed by atoms with Crippen molar-refractivity contribution in [3.05, 3.63) is 0 Å². The van der Waals surface area contributed by atoms with Crippen LogP contribution < -0.4 is 0 Å². The molecule has 0 spiro atoms. The Morgan fingerprint density at radius 1 is 1.38 bits per heavy atom. The second-order valence-electron chi connectivity index (χ2n) is 5.22. The van der Waals surface area contributed by atoms with Crippen LogP contribution in [0.25, 0.3) is 0 Å². The van der Waals surface area contributed by atoms with Gasteiger partial charge >= 0.3 is 5.97 Å². The molecule has 16 heavy (non-hydrogen) atoms. The standard InChI is InChI=1S/C13H24O3/c1-11-5-8-13(9-6-11,12(14)15)7-3-4-10-16-2/h11H,3-10H2,1-2H3,(H,14,15). The van der Waals surface area contributed by atoms with Crippen molar-refractivity contribution >= 4 is 5.97 Å². The van der Waals surface area contributed by atoms with E-state index in [-0.39, 0.29) is 0 Å². The van der Waals surface area contributed by atoms with Gasteiger partial charge in [0.25, 0.3) is 0 Å². The highest BCUT2D eigenvalue weighted by atomic mass is 16.5. The van der Waals surface area contributed by atoms with E-state index >= 15 is 0 Å². The van der Waals surface area contributed by atoms with Gasteiger partial charge in [0.15, 0.2) is 0 Å². The highest BCUT2D eigenvalue weighted by Gasteiger charge is 2.40. The van der Waals surface area contributed by atoms with Gasteiger partial charge in [-0.25, -0.2) is 0 Å². The Morgan fingerprint density at radius 3 is 2.50 bits per heavy atom. The molecule has 1 saturated carbocycles. The second-order valence-corrected chi connectivity index (χ2v) is 5.22. The fraction of sp³-hybridized carbons (Fsp3) is 0.923. The Bertz CT molecular complexity index is 217. The van der Waals surface area contributed by atoms with Crippen LogP contribution in [0.5, 0.6) is 0 Å². The first-order chi connectivity index (χ1) is 7.60. The van der Waals surface area contributed by atoms with Crippen LogP contribution >= 0.6 is 0 Å². The van der Waals surface area contributed by atoms with E-state index in [2.05, 4.69) is 6.92 Å². The summed E-state index contributed by atoms with van der Waals surface area (Å²) < 4.78 is 4.99. The normalized spacial score (nSPS) is 30.2. The third-order valence-corrected chi connectivity index (χ3v) is 3.94. The molecule has 1 N–H and O–H groups in total. The molecule has 1 rings (SSSR count). The molecule has 3 heteroatoms. The van der Waals surface area contributed by atoms with Gasteiger partial charge in [-0.15, -0.1) is 0 Å². The zero-order valence-electron chi connectivity index (χ0n) is 10.5. The molecule has 0 aromatic carbocycles. The number of carboxylic acids is 1. The van der Waals surface area contributed by atoms with Gasteiger partial charge in [-0.05, 0) is 44.4 Å². The van der Waals surface area contributed by atoms with Crippen LogP contribution in [-0.4, -0.2) is 24.8 Å². The molecular weight excluding hydrogens is 204 g/mol. The Morgan fingerprint density at radius 2 is 2.00 bits per heavy atom. The molecule has 0 aromatic heterocycles. The van der Waals surface area contributed by atoms with Crippen LogP contribution in [0, 0.1) is 11.3 Å². The van der Waals surface area contributed by atoms with Gasteiger partial charge in [0.05, 0.1) is 5.41 Å². The van der Waals surface area contributed by atoms with Gasteiger partial charge in [0.2, 0.25) is 0 Å². The number of carboxylic acid groups (broad SMARTS) is 1. The van der Waals surface area contributed by atoms with E-state index in [0.29, 0.717) is 5.92 Å². The minimum absolute atomic E-state index is 0.430. The molecule has 0 bridgehead atoms.